The zero-order valence-electron chi connectivity index (χ0n) is 20.6. The number of nitrogens with zero attached hydrogens (tertiary/aromatic N) is 7. The van der Waals surface area contributed by atoms with Gasteiger partial charge in [-0.05, 0) is 32.9 Å². The van der Waals surface area contributed by atoms with E-state index in [1.165, 1.54) is 57.2 Å². The molecule has 0 aliphatic rings. The van der Waals surface area contributed by atoms with Crippen molar-refractivity contribution in [3.05, 3.63) is 62.9 Å². The summed E-state index contributed by atoms with van der Waals surface area (Å²) in [4.78, 5) is 66.1. The lowest BCUT2D eigenvalue weighted by Gasteiger charge is -2.15. The minimum Gasteiger partial charge on any atom is -0.312 e. The molecular formula is C23H21F3N8O4. The third-order valence-corrected chi connectivity index (χ3v) is 5.79. The Hall–Kier alpha value is -4.69. The third kappa shape index (κ3) is 4.81. The Morgan fingerprint density at radius 2 is 1.87 bits per heavy atom. The SMILES string of the molecule is CC(=O)Cn1c(=O)c2c(ncn2[C@@H](C)C(=O)Nc2ccnc(-c3cnc(C)c(C(F)(F)F)c3)n2)n(C)c1=O. The molecule has 0 saturated heterocycles. The molecule has 0 fully saturated rings. The topological polar surface area (TPSA) is 147 Å². The molecule has 0 aromatic carbocycles. The maximum Gasteiger partial charge on any atom is 0.418 e. The first-order valence-corrected chi connectivity index (χ1v) is 11.1. The number of aromatic nitrogens is 7. The van der Waals surface area contributed by atoms with Gasteiger partial charge in [-0.2, -0.15) is 13.2 Å². The van der Waals surface area contributed by atoms with Crippen molar-refractivity contribution in [2.75, 3.05) is 5.32 Å². The Balaban J connectivity index is 1.66. The van der Waals surface area contributed by atoms with Crippen LogP contribution in [-0.2, 0) is 29.4 Å². The van der Waals surface area contributed by atoms with E-state index in [-0.39, 0.29) is 34.1 Å². The van der Waals surface area contributed by atoms with Crippen molar-refractivity contribution in [1.29, 1.82) is 0 Å². The van der Waals surface area contributed by atoms with Gasteiger partial charge in [0.2, 0.25) is 5.91 Å². The zero-order valence-corrected chi connectivity index (χ0v) is 20.6. The molecule has 4 heterocycles. The molecular weight excluding hydrogens is 509 g/mol. The number of halogens is 3. The maximum atomic E-state index is 13.3. The number of Topliss-reactive ketones (excluding diaryl/α,β-unsaturated/α-hetero) is 1. The average molecular weight is 530 g/mol. The summed E-state index contributed by atoms with van der Waals surface area (Å²) in [6.07, 6.45) is -0.940. The van der Waals surface area contributed by atoms with Crippen molar-refractivity contribution in [2.24, 2.45) is 7.05 Å². The Bertz CT molecular complexity index is 1700. The summed E-state index contributed by atoms with van der Waals surface area (Å²) in [5.74, 6) is -1.15. The van der Waals surface area contributed by atoms with Crippen molar-refractivity contribution in [3.63, 3.8) is 0 Å². The second kappa shape index (κ2) is 9.64. The molecule has 38 heavy (non-hydrogen) atoms. The highest BCUT2D eigenvalue weighted by Gasteiger charge is 2.33. The number of alkyl halides is 3. The molecule has 1 amide bonds. The van der Waals surface area contributed by atoms with Gasteiger partial charge in [0, 0.05) is 30.7 Å². The Morgan fingerprint density at radius 3 is 2.53 bits per heavy atom. The van der Waals surface area contributed by atoms with Gasteiger partial charge >= 0.3 is 11.9 Å². The monoisotopic (exact) mass is 530 g/mol. The summed E-state index contributed by atoms with van der Waals surface area (Å²) >= 11 is 0. The van der Waals surface area contributed by atoms with E-state index in [9.17, 15) is 32.3 Å². The lowest BCUT2D eigenvalue weighted by molar-refractivity contribution is -0.138. The van der Waals surface area contributed by atoms with Gasteiger partial charge in [0.25, 0.3) is 5.56 Å². The standard InChI is InChI=1S/C23H21F3N8O4/c1-11(35)9-33-21(37)17-19(32(4)22(33)38)29-10-34(17)13(3)20(36)31-16-5-6-27-18(30-16)14-7-15(23(24,25)26)12(2)28-8-14/h5-8,10,13H,9H2,1-4H3,(H,27,30,31,36)/t13-/m0/s1. The summed E-state index contributed by atoms with van der Waals surface area (Å²) in [7, 11) is 1.38. The van der Waals surface area contributed by atoms with Gasteiger partial charge in [-0.25, -0.2) is 19.7 Å². The first-order chi connectivity index (χ1) is 17.8. The number of anilines is 1. The number of rotatable bonds is 6. The van der Waals surface area contributed by atoms with E-state index < -0.39 is 47.3 Å². The van der Waals surface area contributed by atoms with E-state index in [4.69, 9.17) is 0 Å². The van der Waals surface area contributed by atoms with Crippen molar-refractivity contribution < 1.29 is 22.8 Å². The molecule has 1 N–H and O–H groups in total. The van der Waals surface area contributed by atoms with Gasteiger partial charge in [0.15, 0.2) is 17.0 Å². The van der Waals surface area contributed by atoms with Gasteiger partial charge in [-0.1, -0.05) is 0 Å². The molecule has 4 rings (SSSR count). The fourth-order valence-corrected chi connectivity index (χ4v) is 3.81. The van der Waals surface area contributed by atoms with Gasteiger partial charge in [0.1, 0.15) is 17.6 Å². The fourth-order valence-electron chi connectivity index (χ4n) is 3.81. The molecule has 0 saturated carbocycles. The Labute approximate surface area is 211 Å². The van der Waals surface area contributed by atoms with Crippen LogP contribution in [0.4, 0.5) is 19.0 Å². The minimum absolute atomic E-state index is 0.000356. The molecule has 0 spiro atoms. The molecule has 0 unspecified atom stereocenters. The average Bonchev–Trinajstić information content (AvgIpc) is 3.30. The Morgan fingerprint density at radius 1 is 1.16 bits per heavy atom. The van der Waals surface area contributed by atoms with E-state index in [2.05, 4.69) is 25.3 Å². The predicted molar refractivity (Wildman–Crippen MR) is 128 cm³/mol. The lowest BCUT2D eigenvalue weighted by Crippen LogP contribution is -2.41. The number of imidazole rings is 1. The fraction of sp³-hybridized carbons (Fsp3) is 0.304. The van der Waals surface area contributed by atoms with Crippen LogP contribution in [0.3, 0.4) is 0 Å². The van der Waals surface area contributed by atoms with Crippen LogP contribution in [0.25, 0.3) is 22.6 Å². The van der Waals surface area contributed by atoms with Crippen LogP contribution in [0.2, 0.25) is 0 Å². The summed E-state index contributed by atoms with van der Waals surface area (Å²) < 4.78 is 43.0. The molecule has 15 heteroatoms. The van der Waals surface area contributed by atoms with Crippen LogP contribution in [0.5, 0.6) is 0 Å². The van der Waals surface area contributed by atoms with Crippen molar-refractivity contribution in [3.8, 4) is 11.4 Å². The number of ketones is 1. The van der Waals surface area contributed by atoms with Gasteiger partial charge in [-0.3, -0.25) is 28.5 Å². The highest BCUT2D eigenvalue weighted by molar-refractivity contribution is 5.93. The van der Waals surface area contributed by atoms with Gasteiger partial charge in [-0.15, -0.1) is 0 Å². The number of fused-ring (bicyclic) bond motifs is 1. The van der Waals surface area contributed by atoms with Crippen molar-refractivity contribution in [2.45, 2.75) is 39.5 Å². The quantitative estimate of drug-likeness (QED) is 0.398. The second-order valence-electron chi connectivity index (χ2n) is 8.54. The number of hydrogen-bond donors (Lipinski definition) is 1. The largest absolute Gasteiger partial charge is 0.418 e. The zero-order chi connectivity index (χ0) is 27.9. The summed E-state index contributed by atoms with van der Waals surface area (Å²) in [5, 5.41) is 2.54. The van der Waals surface area contributed by atoms with Gasteiger partial charge < -0.3 is 9.88 Å². The molecule has 198 valence electrons. The molecule has 12 nitrogen and oxygen atoms in total. The summed E-state index contributed by atoms with van der Waals surface area (Å²) in [6, 6.07) is 1.18. The number of carbonyl (C=O) groups excluding carboxylic acids is 2. The van der Waals surface area contributed by atoms with Gasteiger partial charge in [0.05, 0.1) is 18.4 Å². The van der Waals surface area contributed by atoms with Crippen LogP contribution >= 0.6 is 0 Å². The van der Waals surface area contributed by atoms with Crippen LogP contribution in [0.1, 0.15) is 31.1 Å². The van der Waals surface area contributed by atoms with E-state index in [0.29, 0.717) is 0 Å². The maximum absolute atomic E-state index is 13.3. The molecule has 0 aliphatic heterocycles. The first kappa shape index (κ1) is 26.4. The van der Waals surface area contributed by atoms with E-state index in [1.807, 2.05) is 0 Å². The molecule has 0 bridgehead atoms. The smallest absolute Gasteiger partial charge is 0.312 e. The minimum atomic E-state index is -4.62. The van der Waals surface area contributed by atoms with Crippen molar-refractivity contribution >= 4 is 28.7 Å². The second-order valence-corrected chi connectivity index (χ2v) is 8.54. The van der Waals surface area contributed by atoms with Crippen LogP contribution < -0.4 is 16.6 Å². The third-order valence-electron chi connectivity index (χ3n) is 5.79. The number of hydrogen-bond acceptors (Lipinski definition) is 8. The predicted octanol–water partition coefficient (Wildman–Crippen LogP) is 1.86. The number of amides is 1. The first-order valence-electron chi connectivity index (χ1n) is 11.1. The summed E-state index contributed by atoms with van der Waals surface area (Å²) in [6.45, 7) is 3.49. The Kier molecular flexibility index (Phi) is 6.69. The van der Waals surface area contributed by atoms with Crippen molar-refractivity contribution in [1.82, 2.24) is 33.6 Å². The number of nitrogens with one attached hydrogen (secondary N) is 1. The number of aryl methyl sites for hydroxylation is 2. The van der Waals surface area contributed by atoms with E-state index in [1.54, 1.807) is 0 Å². The lowest BCUT2D eigenvalue weighted by atomic mass is 10.1. The van der Waals surface area contributed by atoms with Crippen LogP contribution in [0.15, 0.2) is 40.4 Å². The normalized spacial score (nSPS) is 12.5. The van der Waals surface area contributed by atoms with E-state index in [0.717, 1.165) is 15.2 Å². The molecule has 4 aromatic rings. The number of pyridine rings is 1. The molecule has 4 aromatic heterocycles. The van der Waals surface area contributed by atoms with Crippen LogP contribution in [-0.4, -0.2) is 45.3 Å². The van der Waals surface area contributed by atoms with E-state index >= 15 is 0 Å². The highest BCUT2D eigenvalue weighted by Crippen LogP contribution is 2.33. The molecule has 1 atom stereocenters. The highest BCUT2D eigenvalue weighted by atomic mass is 19.4. The summed E-state index contributed by atoms with van der Waals surface area (Å²) in [5.41, 5.74) is -2.69. The number of carbonyl (C=O) groups is 2. The molecule has 0 aliphatic carbocycles. The molecule has 0 radical (unpaired) electrons. The van der Waals surface area contributed by atoms with Crippen LogP contribution in [0, 0.1) is 6.92 Å².